The van der Waals surface area contributed by atoms with Gasteiger partial charge >= 0.3 is 18.0 Å². The van der Waals surface area contributed by atoms with E-state index in [1.807, 2.05) is 5.32 Å². The summed E-state index contributed by atoms with van der Waals surface area (Å²) < 4.78 is 40.0. The number of amides is 2. The van der Waals surface area contributed by atoms with Crippen LogP contribution in [0, 0.1) is 0 Å². The van der Waals surface area contributed by atoms with Crippen molar-refractivity contribution in [3.63, 3.8) is 0 Å². The Bertz CT molecular complexity index is 815. The second-order valence-corrected chi connectivity index (χ2v) is 6.09. The Balaban J connectivity index is 2.01. The lowest BCUT2D eigenvalue weighted by Crippen LogP contribution is -2.53. The highest BCUT2D eigenvalue weighted by atomic mass is 35.5. The van der Waals surface area contributed by atoms with Crippen molar-refractivity contribution in [3.8, 4) is 0 Å². The van der Waals surface area contributed by atoms with Gasteiger partial charge in [0.15, 0.2) is 0 Å². The minimum Gasteiger partial charge on any atom is -0.375 e. The van der Waals surface area contributed by atoms with Crippen LogP contribution < -0.4 is 10.6 Å². The average molecular weight is 401 g/mol. The second-order valence-electron chi connectivity index (χ2n) is 5.68. The van der Waals surface area contributed by atoms with Gasteiger partial charge in [0.05, 0.1) is 6.54 Å². The smallest absolute Gasteiger partial charge is 0.375 e. The zero-order valence-corrected chi connectivity index (χ0v) is 14.6. The van der Waals surface area contributed by atoms with Gasteiger partial charge < -0.3 is 15.7 Å². The van der Waals surface area contributed by atoms with E-state index in [0.717, 1.165) is 12.1 Å². The zero-order chi connectivity index (χ0) is 20.1. The number of hydrogen-bond donors (Lipinski definition) is 3. The largest absolute Gasteiger partial charge is 0.423 e. The number of halogens is 4. The lowest BCUT2D eigenvalue weighted by Gasteiger charge is -2.31. The molecule has 3 N–H and O–H groups in total. The van der Waals surface area contributed by atoms with Gasteiger partial charge in [0.1, 0.15) is 0 Å². The van der Waals surface area contributed by atoms with Crippen LogP contribution in [0.2, 0.25) is 5.02 Å². The summed E-state index contributed by atoms with van der Waals surface area (Å²) in [5, 5.41) is 14.6. The molecular formula is C18H16ClF3N2O3. The van der Waals surface area contributed by atoms with Crippen molar-refractivity contribution < 1.29 is 27.9 Å². The predicted octanol–water partition coefficient (Wildman–Crippen LogP) is 2.52. The summed E-state index contributed by atoms with van der Waals surface area (Å²) in [6, 6.07) is 12.9. The summed E-state index contributed by atoms with van der Waals surface area (Å²) in [5.74, 6) is -2.45. The Morgan fingerprint density at radius 1 is 0.926 bits per heavy atom. The Kier molecular flexibility index (Phi) is 6.45. The van der Waals surface area contributed by atoms with Gasteiger partial charge in [-0.1, -0.05) is 60.1 Å². The molecule has 2 amide bonds. The quantitative estimate of drug-likeness (QED) is 0.675. The number of carbonyl (C=O) groups excluding carboxylic acids is 2. The highest BCUT2D eigenvalue weighted by molar-refractivity contribution is 6.35. The Labute approximate surface area is 158 Å². The van der Waals surface area contributed by atoms with Gasteiger partial charge in [-0.15, -0.1) is 0 Å². The summed E-state index contributed by atoms with van der Waals surface area (Å²) in [6.07, 6.45) is -5.06. The van der Waals surface area contributed by atoms with Crippen molar-refractivity contribution in [2.75, 3.05) is 6.54 Å². The first-order chi connectivity index (χ1) is 12.6. The lowest BCUT2D eigenvalue weighted by molar-refractivity contribution is -0.264. The first-order valence-corrected chi connectivity index (χ1v) is 8.17. The molecule has 0 aliphatic rings. The summed E-state index contributed by atoms with van der Waals surface area (Å²) in [4.78, 5) is 23.6. The number of aliphatic hydroxyl groups is 1. The number of benzene rings is 2. The Morgan fingerprint density at radius 2 is 1.48 bits per heavy atom. The van der Waals surface area contributed by atoms with Crippen molar-refractivity contribution in [1.29, 1.82) is 0 Å². The van der Waals surface area contributed by atoms with Gasteiger partial charge in [-0.2, -0.15) is 13.2 Å². The molecule has 0 heterocycles. The molecule has 0 bridgehead atoms. The molecule has 0 fully saturated rings. The van der Waals surface area contributed by atoms with Gasteiger partial charge in [0, 0.05) is 11.6 Å². The molecule has 0 saturated carbocycles. The SMILES string of the molecule is O=C(NCc1ccccc1Cl)C(=O)NCC(O)(c1ccccc1)C(F)(F)F. The first-order valence-electron chi connectivity index (χ1n) is 7.79. The summed E-state index contributed by atoms with van der Waals surface area (Å²) in [5.41, 5.74) is -3.24. The monoisotopic (exact) mass is 400 g/mol. The average Bonchev–Trinajstić information content (AvgIpc) is 2.64. The molecule has 27 heavy (non-hydrogen) atoms. The van der Waals surface area contributed by atoms with Crippen molar-refractivity contribution in [1.82, 2.24) is 10.6 Å². The Morgan fingerprint density at radius 3 is 2.07 bits per heavy atom. The molecule has 0 aliphatic carbocycles. The molecule has 2 aromatic carbocycles. The molecule has 0 radical (unpaired) electrons. The van der Waals surface area contributed by atoms with Crippen LogP contribution in [-0.2, 0) is 21.7 Å². The molecule has 144 valence electrons. The van der Waals surface area contributed by atoms with Gasteiger partial charge in [-0.25, -0.2) is 0 Å². The Hall–Kier alpha value is -2.58. The summed E-state index contributed by atoms with van der Waals surface area (Å²) in [7, 11) is 0. The number of hydrogen-bond acceptors (Lipinski definition) is 3. The zero-order valence-electron chi connectivity index (χ0n) is 13.9. The van der Waals surface area contributed by atoms with Crippen LogP contribution in [0.15, 0.2) is 54.6 Å². The van der Waals surface area contributed by atoms with Crippen LogP contribution in [0.5, 0.6) is 0 Å². The highest BCUT2D eigenvalue weighted by Gasteiger charge is 2.55. The van der Waals surface area contributed by atoms with E-state index >= 15 is 0 Å². The first kappa shape index (κ1) is 20.7. The van der Waals surface area contributed by atoms with Gasteiger partial charge in [-0.3, -0.25) is 9.59 Å². The van der Waals surface area contributed by atoms with E-state index in [0.29, 0.717) is 10.6 Å². The minimum absolute atomic E-state index is 0.0752. The van der Waals surface area contributed by atoms with Crippen molar-refractivity contribution >= 4 is 23.4 Å². The van der Waals surface area contributed by atoms with Gasteiger partial charge in [0.2, 0.25) is 5.60 Å². The third kappa shape index (κ3) is 4.99. The van der Waals surface area contributed by atoms with E-state index in [1.54, 1.807) is 24.3 Å². The van der Waals surface area contributed by atoms with E-state index in [4.69, 9.17) is 11.6 Å². The van der Waals surface area contributed by atoms with Crippen molar-refractivity contribution in [2.45, 2.75) is 18.3 Å². The molecule has 1 atom stereocenters. The number of alkyl halides is 3. The topological polar surface area (TPSA) is 78.4 Å². The molecule has 0 aromatic heterocycles. The highest BCUT2D eigenvalue weighted by Crippen LogP contribution is 2.38. The van der Waals surface area contributed by atoms with Crippen LogP contribution >= 0.6 is 11.6 Å². The minimum atomic E-state index is -5.06. The van der Waals surface area contributed by atoms with E-state index in [9.17, 15) is 27.9 Å². The molecule has 0 aliphatic heterocycles. The maximum atomic E-state index is 13.3. The van der Waals surface area contributed by atoms with Crippen molar-refractivity contribution in [3.05, 3.63) is 70.7 Å². The lowest BCUT2D eigenvalue weighted by atomic mass is 9.93. The van der Waals surface area contributed by atoms with Crippen LogP contribution in [-0.4, -0.2) is 29.6 Å². The van der Waals surface area contributed by atoms with E-state index < -0.39 is 35.7 Å². The second kappa shape index (κ2) is 8.41. The fourth-order valence-corrected chi connectivity index (χ4v) is 2.47. The molecule has 2 rings (SSSR count). The maximum Gasteiger partial charge on any atom is 0.423 e. The fourth-order valence-electron chi connectivity index (χ4n) is 2.27. The summed E-state index contributed by atoms with van der Waals surface area (Å²) in [6.45, 7) is -1.28. The number of nitrogens with one attached hydrogen (secondary N) is 2. The molecule has 0 saturated heterocycles. The predicted molar refractivity (Wildman–Crippen MR) is 92.7 cm³/mol. The van der Waals surface area contributed by atoms with E-state index in [-0.39, 0.29) is 6.54 Å². The molecule has 9 heteroatoms. The van der Waals surface area contributed by atoms with Crippen molar-refractivity contribution in [2.24, 2.45) is 0 Å². The van der Waals surface area contributed by atoms with Gasteiger partial charge in [-0.05, 0) is 17.2 Å². The summed E-state index contributed by atoms with van der Waals surface area (Å²) >= 11 is 5.92. The molecule has 5 nitrogen and oxygen atoms in total. The molecule has 2 aromatic rings. The van der Waals surface area contributed by atoms with Crippen LogP contribution in [0.25, 0.3) is 0 Å². The van der Waals surface area contributed by atoms with E-state index in [2.05, 4.69) is 5.32 Å². The van der Waals surface area contributed by atoms with Crippen LogP contribution in [0.3, 0.4) is 0 Å². The van der Waals surface area contributed by atoms with Crippen LogP contribution in [0.4, 0.5) is 13.2 Å². The van der Waals surface area contributed by atoms with E-state index in [1.165, 1.54) is 18.2 Å². The molecule has 1 unspecified atom stereocenters. The maximum absolute atomic E-state index is 13.3. The number of carbonyl (C=O) groups is 2. The molecular weight excluding hydrogens is 385 g/mol. The standard InChI is InChI=1S/C18H16ClF3N2O3/c19-14-9-5-4-6-12(14)10-23-15(25)16(26)24-11-17(27,18(20,21)22)13-7-2-1-3-8-13/h1-9,27H,10-11H2,(H,23,25)(H,24,26). The molecule has 0 spiro atoms. The number of rotatable bonds is 5. The third-order valence-electron chi connectivity index (χ3n) is 3.83. The normalized spacial score (nSPS) is 13.5. The fraction of sp³-hybridized carbons (Fsp3) is 0.222. The third-order valence-corrected chi connectivity index (χ3v) is 4.20. The van der Waals surface area contributed by atoms with Crippen LogP contribution in [0.1, 0.15) is 11.1 Å². The van der Waals surface area contributed by atoms with Gasteiger partial charge in [0.25, 0.3) is 0 Å².